The Balaban J connectivity index is 0.000000112. The minimum Gasteiger partial charge on any atom is -0.375 e. The third kappa shape index (κ3) is 15.7. The number of carbonyl (C=O) groups is 1. The molecule has 1 aliphatic carbocycles. The molecule has 7 aromatic rings. The van der Waals surface area contributed by atoms with E-state index in [0.717, 1.165) is 109 Å². The molecule has 14 rings (SSSR count). The number of nitrogens with one attached hydrogen (secondary N) is 13. The van der Waals surface area contributed by atoms with Gasteiger partial charge in [0, 0.05) is 88.9 Å². The number of anilines is 6. The van der Waals surface area contributed by atoms with Gasteiger partial charge in [0.05, 0.1) is 56.6 Å². The van der Waals surface area contributed by atoms with Crippen molar-refractivity contribution in [3.8, 4) is 0 Å². The van der Waals surface area contributed by atoms with Gasteiger partial charge in [-0.15, -0.1) is 0 Å². The Kier molecular flexibility index (Phi) is 19.6. The SMILES string of the molecule is C1=Cc2cn[nH]c2NCC1.C=C1CCCc2cn[nH]c2N1.O=C1CC=Cc2cn[nH]c2N1.c1n[nH]c2c1CCCCC2.c1n[nH]c2c1CCCCN2.c1n[nH]c2c1COCCN2.c1n[nH]c2c1CSCCN2. The first-order chi connectivity index (χ1) is 35.6. The zero-order chi connectivity index (χ0) is 49.4. The highest BCUT2D eigenvalue weighted by atomic mass is 32.2. The molecule has 0 aromatic carbocycles. The van der Waals surface area contributed by atoms with Crippen molar-refractivity contribution in [3.05, 3.63) is 112 Å². The highest BCUT2D eigenvalue weighted by Crippen LogP contribution is 2.24. The van der Waals surface area contributed by atoms with Gasteiger partial charge >= 0.3 is 0 Å². The van der Waals surface area contributed by atoms with Gasteiger partial charge in [0.25, 0.3) is 0 Å². The van der Waals surface area contributed by atoms with E-state index in [1.54, 1.807) is 12.4 Å². The fraction of sp³-hybridized carbons (Fsp3) is 0.429. The van der Waals surface area contributed by atoms with Gasteiger partial charge in [-0.2, -0.15) is 47.5 Å². The zero-order valence-electron chi connectivity index (χ0n) is 40.8. The molecule has 13 heterocycles. The quantitative estimate of drug-likeness (QED) is 0.0642. The number of aromatic nitrogens is 14. The number of ether oxygens (including phenoxy) is 1. The first kappa shape index (κ1) is 50.8. The Morgan fingerprint density at radius 1 is 0.486 bits per heavy atom. The number of thioether (sulfide) groups is 1. The summed E-state index contributed by atoms with van der Waals surface area (Å²) in [4.78, 5) is 10.9. The second kappa shape index (κ2) is 27.8. The second-order valence-corrected chi connectivity index (χ2v) is 18.7. The molecule has 0 unspecified atom stereocenters. The molecule has 0 radical (unpaired) electrons. The normalized spacial score (nSPS) is 16.8. The summed E-state index contributed by atoms with van der Waals surface area (Å²) >= 11 is 1.94. The predicted octanol–water partition coefficient (Wildman–Crippen LogP) is 7.93. The van der Waals surface area contributed by atoms with Crippen LogP contribution in [0, 0.1) is 0 Å². The maximum atomic E-state index is 10.9. The number of carbonyl (C=O) groups excluding carboxylic acids is 1. The van der Waals surface area contributed by atoms with Crippen molar-refractivity contribution in [2.75, 3.05) is 70.4 Å². The van der Waals surface area contributed by atoms with Crippen LogP contribution in [0.3, 0.4) is 0 Å². The van der Waals surface area contributed by atoms with E-state index in [1.807, 2.05) is 54.9 Å². The zero-order valence-corrected chi connectivity index (χ0v) is 41.6. The van der Waals surface area contributed by atoms with E-state index in [4.69, 9.17) is 4.74 Å². The van der Waals surface area contributed by atoms with Gasteiger partial charge < -0.3 is 36.6 Å². The second-order valence-electron chi connectivity index (χ2n) is 17.6. The average Bonchev–Trinajstić information content (AvgIpc) is 4.29. The van der Waals surface area contributed by atoms with E-state index in [2.05, 4.69) is 122 Å². The summed E-state index contributed by atoms with van der Waals surface area (Å²) in [6.07, 6.45) is 35.9. The molecule has 382 valence electrons. The standard InChI is InChI=1S/C8H11N3.C8H12N2.C7H7N3O.C7H11N3.C7H9N3.C6H9N3O.C6H9N3S/c1-6-3-2-4-7-5-9-11-8(7)10-6;1-2-4-7-6-9-10-8(7)5-3-1;11-6-3-1-2-5-4-8-10-7(5)9-6;2*1-2-4-8-7-6(3-1)5-9-10-7;2*1-2-10-4-5-3-8-9-6(5)7-1/h5H,1-4H2,(H2,9,10,11);6H,1-5H2,(H,9,10);1-2,4H,3H2,(H2,8,9,10,11);5H,1-4H2,(H2,8,9,10);1,3,5H,2,4H2,(H2,8,9,10);2*3H,1-2,4H2,(H2,7,8,9). The molecule has 1 amide bonds. The van der Waals surface area contributed by atoms with Crippen LogP contribution in [0.5, 0.6) is 0 Å². The van der Waals surface area contributed by atoms with Crippen molar-refractivity contribution in [1.82, 2.24) is 71.4 Å². The number of amides is 1. The number of fused-ring (bicyclic) bond motifs is 7. The lowest BCUT2D eigenvalue weighted by molar-refractivity contribution is -0.115. The number of allylic oxidation sites excluding steroid dienone is 1. The molecule has 13 N–H and O–H groups in total. The molecule has 0 spiro atoms. The van der Waals surface area contributed by atoms with Crippen LogP contribution in [0.4, 0.5) is 34.9 Å². The molecule has 22 nitrogen and oxygen atoms in total. The van der Waals surface area contributed by atoms with Crippen molar-refractivity contribution in [2.45, 2.75) is 95.8 Å². The van der Waals surface area contributed by atoms with Gasteiger partial charge in [-0.05, 0) is 76.2 Å². The molecule has 7 aromatic heterocycles. The molecular formula is C49H68N20O2S. The highest BCUT2D eigenvalue weighted by molar-refractivity contribution is 7.98. The molecule has 0 fully saturated rings. The minimum atomic E-state index is -0.00995. The molecule has 0 saturated heterocycles. The molecule has 23 heteroatoms. The van der Waals surface area contributed by atoms with E-state index >= 15 is 0 Å². The average molecular weight is 1000 g/mol. The fourth-order valence-electron chi connectivity index (χ4n) is 8.28. The van der Waals surface area contributed by atoms with E-state index in [0.29, 0.717) is 18.8 Å². The summed E-state index contributed by atoms with van der Waals surface area (Å²) < 4.78 is 5.26. The van der Waals surface area contributed by atoms with Gasteiger partial charge in [0.1, 0.15) is 34.9 Å². The Labute approximate surface area is 422 Å². The van der Waals surface area contributed by atoms with E-state index in [-0.39, 0.29) is 5.91 Å². The number of rotatable bonds is 0. The summed E-state index contributed by atoms with van der Waals surface area (Å²) in [6, 6.07) is 0. The Morgan fingerprint density at radius 3 is 1.93 bits per heavy atom. The van der Waals surface area contributed by atoms with Crippen LogP contribution in [0.2, 0.25) is 0 Å². The van der Waals surface area contributed by atoms with Crippen molar-refractivity contribution < 1.29 is 9.53 Å². The Bertz CT molecular complexity index is 2480. The van der Waals surface area contributed by atoms with Gasteiger partial charge in [-0.25, -0.2) is 0 Å². The number of H-pyrrole nitrogens is 7. The lowest BCUT2D eigenvalue weighted by Crippen LogP contribution is -2.09. The number of hydrogen-bond acceptors (Lipinski definition) is 15. The maximum Gasteiger partial charge on any atom is 0.229 e. The Hall–Kier alpha value is -7.53. The van der Waals surface area contributed by atoms with Gasteiger partial charge in [-0.1, -0.05) is 37.3 Å². The first-order valence-electron chi connectivity index (χ1n) is 24.9. The van der Waals surface area contributed by atoms with Crippen LogP contribution in [0.25, 0.3) is 12.2 Å². The number of hydrogen-bond donors (Lipinski definition) is 13. The van der Waals surface area contributed by atoms with Crippen LogP contribution in [0.15, 0.2) is 67.8 Å². The topological polar surface area (TPSA) is 299 Å². The number of aromatic amines is 7. The van der Waals surface area contributed by atoms with Crippen molar-refractivity contribution >= 4 is 64.7 Å². The van der Waals surface area contributed by atoms with Gasteiger partial charge in [0.15, 0.2) is 0 Å². The van der Waals surface area contributed by atoms with Crippen LogP contribution in [-0.2, 0) is 47.6 Å². The lowest BCUT2D eigenvalue weighted by Gasteiger charge is -2.01. The number of nitrogens with zero attached hydrogens (tertiary/aromatic N) is 7. The largest absolute Gasteiger partial charge is 0.375 e. The van der Waals surface area contributed by atoms with Gasteiger partial charge in [-0.3, -0.25) is 40.5 Å². The fourth-order valence-corrected chi connectivity index (χ4v) is 9.11. The highest BCUT2D eigenvalue weighted by Gasteiger charge is 2.13. The van der Waals surface area contributed by atoms with Crippen molar-refractivity contribution in [3.63, 3.8) is 0 Å². The molecular weight excluding hydrogens is 933 g/mol. The summed E-state index contributed by atoms with van der Waals surface area (Å²) in [6.45, 7) is 9.29. The third-order valence-electron chi connectivity index (χ3n) is 12.2. The lowest BCUT2D eigenvalue weighted by atomic mass is 10.1. The molecule has 0 saturated carbocycles. The minimum absolute atomic E-state index is 0.00995. The molecule has 0 atom stereocenters. The van der Waals surface area contributed by atoms with E-state index in [1.165, 1.54) is 91.5 Å². The maximum absolute atomic E-state index is 10.9. The molecule has 72 heavy (non-hydrogen) atoms. The van der Waals surface area contributed by atoms with Crippen LogP contribution < -0.4 is 31.9 Å². The monoisotopic (exact) mass is 1000 g/mol. The summed E-state index contributed by atoms with van der Waals surface area (Å²) in [5.74, 6) is 8.22. The van der Waals surface area contributed by atoms with Crippen LogP contribution in [0.1, 0.15) is 102 Å². The van der Waals surface area contributed by atoms with Crippen molar-refractivity contribution in [1.29, 1.82) is 0 Å². The van der Waals surface area contributed by atoms with Gasteiger partial charge in [0.2, 0.25) is 5.91 Å². The Morgan fingerprint density at radius 2 is 1.07 bits per heavy atom. The number of aryl methyl sites for hydroxylation is 4. The summed E-state index contributed by atoms with van der Waals surface area (Å²) in [7, 11) is 0. The molecule has 0 bridgehead atoms. The van der Waals surface area contributed by atoms with Crippen LogP contribution in [-0.4, -0.2) is 116 Å². The molecule has 6 aliphatic heterocycles. The summed E-state index contributed by atoms with van der Waals surface area (Å²) in [5, 5.41) is 66.5. The summed E-state index contributed by atoms with van der Waals surface area (Å²) in [5.41, 5.74) is 11.0. The van der Waals surface area contributed by atoms with E-state index in [9.17, 15) is 4.79 Å². The predicted molar refractivity (Wildman–Crippen MR) is 286 cm³/mol. The smallest absolute Gasteiger partial charge is 0.229 e. The van der Waals surface area contributed by atoms with E-state index < -0.39 is 0 Å². The van der Waals surface area contributed by atoms with Crippen molar-refractivity contribution in [2.24, 2.45) is 0 Å². The first-order valence-corrected chi connectivity index (χ1v) is 26.1. The van der Waals surface area contributed by atoms with Crippen LogP contribution >= 0.6 is 11.8 Å². The molecule has 7 aliphatic rings. The third-order valence-corrected chi connectivity index (χ3v) is 13.2.